The number of pyridine rings is 1. The van der Waals surface area contributed by atoms with Crippen molar-refractivity contribution < 1.29 is 41.4 Å². The highest BCUT2D eigenvalue weighted by Gasteiger charge is 2.38. The summed E-state index contributed by atoms with van der Waals surface area (Å²) in [5, 5.41) is 16.6. The molecule has 1 aromatic carbocycles. The number of carbonyl (C=O) groups is 2. The van der Waals surface area contributed by atoms with Crippen LogP contribution in [-0.2, 0) is 21.2 Å². The van der Waals surface area contributed by atoms with E-state index in [2.05, 4.69) is 9.71 Å². The third-order valence-corrected chi connectivity index (χ3v) is 5.84. The Morgan fingerprint density at radius 3 is 2.12 bits per heavy atom. The van der Waals surface area contributed by atoms with E-state index in [-0.39, 0.29) is 16.1 Å². The first kappa shape index (κ1) is 28.7. The number of alkyl halides is 3. The number of nitrogens with one attached hydrogen (secondary N) is 1. The van der Waals surface area contributed by atoms with Gasteiger partial charge >= 0.3 is 18.1 Å². The van der Waals surface area contributed by atoms with Gasteiger partial charge in [-0.1, -0.05) is 32.4 Å². The maximum atomic E-state index is 12.5. The van der Waals surface area contributed by atoms with Crippen molar-refractivity contribution in [3.8, 4) is 0 Å². The summed E-state index contributed by atoms with van der Waals surface area (Å²) in [5.41, 5.74) is 1.10. The molecule has 0 radical (unpaired) electrons. The Balaban J connectivity index is 0.000000718. The fourth-order valence-corrected chi connectivity index (χ4v) is 3.63. The summed E-state index contributed by atoms with van der Waals surface area (Å²) >= 11 is 0. The number of nitrogens with zero attached hydrogens (tertiary/aromatic N) is 2. The number of rotatable bonds is 9. The molecule has 0 spiro atoms. The Hall–Kier alpha value is -3.35. The fourth-order valence-electron chi connectivity index (χ4n) is 2.59. The molecule has 2 rings (SSSR count). The second kappa shape index (κ2) is 12.2. The number of aryl methyl sites for hydroxylation is 1. The lowest BCUT2D eigenvalue weighted by atomic mass is 10.2. The van der Waals surface area contributed by atoms with Crippen LogP contribution in [0.5, 0.6) is 0 Å². The predicted octanol–water partition coefficient (Wildman–Crippen LogP) is 4.01. The van der Waals surface area contributed by atoms with Crippen LogP contribution in [0.2, 0.25) is 0 Å². The van der Waals surface area contributed by atoms with Gasteiger partial charge in [0.2, 0.25) is 0 Å². The topological polar surface area (TPSA) is 137 Å². The van der Waals surface area contributed by atoms with Crippen LogP contribution in [0.25, 0.3) is 0 Å². The van der Waals surface area contributed by atoms with Crippen LogP contribution in [0.1, 0.15) is 42.6 Å². The van der Waals surface area contributed by atoms with Crippen LogP contribution in [0.3, 0.4) is 0 Å². The zero-order chi connectivity index (χ0) is 26.1. The van der Waals surface area contributed by atoms with Crippen molar-refractivity contribution in [3.63, 3.8) is 0 Å². The van der Waals surface area contributed by atoms with E-state index in [0.717, 1.165) is 24.8 Å². The van der Waals surface area contributed by atoms with Gasteiger partial charge in [-0.3, -0.25) is 4.72 Å². The third-order valence-electron chi connectivity index (χ3n) is 4.44. The average Bonchev–Trinajstić information content (AvgIpc) is 2.76. The van der Waals surface area contributed by atoms with E-state index in [4.69, 9.17) is 9.90 Å². The molecular formula is C21H26F3N3O6S. The van der Waals surface area contributed by atoms with Crippen molar-refractivity contribution in [1.82, 2.24) is 4.98 Å². The number of aliphatic carboxylic acids is 1. The number of aromatic carboxylic acids is 1. The van der Waals surface area contributed by atoms with Gasteiger partial charge in [0.25, 0.3) is 10.0 Å². The molecule has 3 N–H and O–H groups in total. The number of benzene rings is 1. The highest BCUT2D eigenvalue weighted by atomic mass is 32.2. The van der Waals surface area contributed by atoms with E-state index in [9.17, 15) is 31.5 Å². The van der Waals surface area contributed by atoms with Crippen LogP contribution >= 0.6 is 0 Å². The number of unbranched alkanes of at least 4 members (excludes halogenated alkanes) is 1. The minimum Gasteiger partial charge on any atom is -0.478 e. The Labute approximate surface area is 195 Å². The van der Waals surface area contributed by atoms with E-state index in [1.807, 2.05) is 13.8 Å². The van der Waals surface area contributed by atoms with Crippen LogP contribution in [0.15, 0.2) is 41.4 Å². The van der Waals surface area contributed by atoms with Gasteiger partial charge in [0, 0.05) is 13.6 Å². The first-order valence-corrected chi connectivity index (χ1v) is 11.6. The van der Waals surface area contributed by atoms with E-state index in [0.29, 0.717) is 12.4 Å². The maximum absolute atomic E-state index is 12.5. The van der Waals surface area contributed by atoms with Crippen LogP contribution in [-0.4, -0.2) is 55.3 Å². The van der Waals surface area contributed by atoms with Gasteiger partial charge in [0.15, 0.2) is 0 Å². The number of hydrogen-bond donors (Lipinski definition) is 3. The number of halogens is 3. The molecule has 0 aliphatic carbocycles. The van der Waals surface area contributed by atoms with Crippen molar-refractivity contribution in [1.29, 1.82) is 0 Å². The van der Waals surface area contributed by atoms with Gasteiger partial charge in [-0.2, -0.15) is 13.2 Å². The number of carboxylic acids is 2. The van der Waals surface area contributed by atoms with E-state index in [1.165, 1.54) is 24.4 Å². The predicted molar refractivity (Wildman–Crippen MR) is 120 cm³/mol. The minimum absolute atomic E-state index is 0.0462. The molecule has 34 heavy (non-hydrogen) atoms. The van der Waals surface area contributed by atoms with Gasteiger partial charge in [-0.05, 0) is 36.6 Å². The summed E-state index contributed by atoms with van der Waals surface area (Å²) in [6, 6.07) is 7.85. The molecule has 0 unspecified atom stereocenters. The molecule has 0 aliphatic rings. The van der Waals surface area contributed by atoms with Crippen LogP contribution in [0, 0.1) is 0 Å². The highest BCUT2D eigenvalue weighted by Crippen LogP contribution is 2.23. The molecule has 0 atom stereocenters. The first-order valence-electron chi connectivity index (χ1n) is 10.1. The molecule has 0 fully saturated rings. The highest BCUT2D eigenvalue weighted by molar-refractivity contribution is 7.92. The zero-order valence-electron chi connectivity index (χ0n) is 18.8. The van der Waals surface area contributed by atoms with Crippen molar-refractivity contribution in [2.45, 2.75) is 44.2 Å². The minimum atomic E-state index is -5.08. The number of carboxylic acid groups (broad SMARTS) is 2. The molecule has 0 bridgehead atoms. The van der Waals surface area contributed by atoms with Gasteiger partial charge in [-0.15, -0.1) is 0 Å². The normalized spacial score (nSPS) is 11.2. The Morgan fingerprint density at radius 2 is 1.68 bits per heavy atom. The SMILES string of the molecule is CCCCN(C)c1ncc(NS(=O)(=O)c2ccc(CC)cc2)cc1C(=O)O.O=C(O)C(F)(F)F. The summed E-state index contributed by atoms with van der Waals surface area (Å²) in [7, 11) is -2.06. The maximum Gasteiger partial charge on any atom is 0.490 e. The standard InChI is InChI=1S/C19H25N3O4S.C2HF3O2/c1-4-6-11-22(3)18-17(19(23)24)12-15(13-20-18)21-27(25,26)16-9-7-14(5-2)8-10-16;3-2(4,5)1(6)7/h7-10,12-13,21H,4-6,11H2,1-3H3,(H,23,24);(H,6,7). The summed E-state index contributed by atoms with van der Waals surface area (Å²) < 4.78 is 59.2. The fraction of sp³-hybridized carbons (Fsp3) is 0.381. The molecule has 9 nitrogen and oxygen atoms in total. The molecule has 1 aromatic heterocycles. The molecule has 1 heterocycles. The first-order chi connectivity index (χ1) is 15.7. The Bertz CT molecular complexity index is 1090. The van der Waals surface area contributed by atoms with Gasteiger partial charge < -0.3 is 15.1 Å². The van der Waals surface area contributed by atoms with Crippen LogP contribution < -0.4 is 9.62 Å². The smallest absolute Gasteiger partial charge is 0.478 e. The second-order valence-corrected chi connectivity index (χ2v) is 8.76. The molecular weight excluding hydrogens is 479 g/mol. The third kappa shape index (κ3) is 8.54. The molecule has 0 aliphatic heterocycles. The van der Waals surface area contributed by atoms with E-state index < -0.39 is 28.1 Å². The summed E-state index contributed by atoms with van der Waals surface area (Å²) in [6.45, 7) is 4.70. The zero-order valence-corrected chi connectivity index (χ0v) is 19.6. The Morgan fingerprint density at radius 1 is 1.12 bits per heavy atom. The van der Waals surface area contributed by atoms with Crippen molar-refractivity contribution in [2.75, 3.05) is 23.2 Å². The lowest BCUT2D eigenvalue weighted by Crippen LogP contribution is -2.23. The molecule has 0 saturated carbocycles. The van der Waals surface area contributed by atoms with Gasteiger partial charge in [0.05, 0.1) is 16.8 Å². The molecule has 0 saturated heterocycles. The van der Waals surface area contributed by atoms with Crippen LogP contribution in [0.4, 0.5) is 24.7 Å². The lowest BCUT2D eigenvalue weighted by Gasteiger charge is -2.20. The second-order valence-electron chi connectivity index (χ2n) is 7.08. The molecule has 13 heteroatoms. The van der Waals surface area contributed by atoms with E-state index >= 15 is 0 Å². The largest absolute Gasteiger partial charge is 0.490 e. The van der Waals surface area contributed by atoms with Crippen molar-refractivity contribution in [2.24, 2.45) is 0 Å². The Kier molecular flexibility index (Phi) is 10.3. The molecule has 2 aromatic rings. The number of sulfonamides is 1. The van der Waals surface area contributed by atoms with E-state index in [1.54, 1.807) is 24.1 Å². The lowest BCUT2D eigenvalue weighted by molar-refractivity contribution is -0.192. The molecule has 0 amide bonds. The average molecular weight is 506 g/mol. The number of hydrogen-bond acceptors (Lipinski definition) is 6. The summed E-state index contributed by atoms with van der Waals surface area (Å²) in [4.78, 5) is 26.6. The number of aromatic nitrogens is 1. The van der Waals surface area contributed by atoms with Crippen molar-refractivity contribution in [3.05, 3.63) is 47.7 Å². The van der Waals surface area contributed by atoms with Gasteiger partial charge in [-0.25, -0.2) is 23.0 Å². The summed E-state index contributed by atoms with van der Waals surface area (Å²) in [5.74, 6) is -3.60. The quantitative estimate of drug-likeness (QED) is 0.465. The summed E-state index contributed by atoms with van der Waals surface area (Å²) in [6.07, 6.45) is -1.06. The van der Waals surface area contributed by atoms with Crippen molar-refractivity contribution >= 4 is 33.5 Å². The molecule has 188 valence electrons. The van der Waals surface area contributed by atoms with Gasteiger partial charge in [0.1, 0.15) is 11.4 Å². The number of anilines is 2. The monoisotopic (exact) mass is 505 g/mol.